The molecule has 3 heteroatoms. The molecule has 0 saturated heterocycles. The van der Waals surface area contributed by atoms with Crippen LogP contribution in [0.5, 0.6) is 0 Å². The van der Waals surface area contributed by atoms with Crippen LogP contribution < -0.4 is 10.6 Å². The normalized spacial score (nSPS) is 12.8. The molecule has 1 atom stereocenters. The number of nitrogens with zero attached hydrogens (tertiary/aromatic N) is 1. The molecular weight excluding hydrogens is 215 g/mol. The molecule has 1 aromatic carbocycles. The van der Waals surface area contributed by atoms with E-state index in [9.17, 15) is 4.39 Å². The van der Waals surface area contributed by atoms with Crippen LogP contribution in [0.1, 0.15) is 27.2 Å². The Morgan fingerprint density at radius 3 is 2.53 bits per heavy atom. The Hall–Kier alpha value is -1.09. The van der Waals surface area contributed by atoms with Crippen LogP contribution >= 0.6 is 0 Å². The van der Waals surface area contributed by atoms with E-state index < -0.39 is 0 Å². The van der Waals surface area contributed by atoms with Gasteiger partial charge in [0.1, 0.15) is 5.82 Å². The van der Waals surface area contributed by atoms with E-state index in [1.54, 1.807) is 12.1 Å². The molecule has 0 aliphatic heterocycles. The fraction of sp³-hybridized carbons (Fsp3) is 0.571. The molecule has 2 N–H and O–H groups in total. The van der Waals surface area contributed by atoms with Crippen LogP contribution in [-0.2, 0) is 0 Å². The van der Waals surface area contributed by atoms with Crippen molar-refractivity contribution < 1.29 is 4.39 Å². The standard InChI is InChI=1S/C14H23FN2/c1-4-17(14(10-16)8-11(2)3)13-7-5-6-12(15)9-13/h5-7,9,11,14H,4,8,10,16H2,1-3H3. The van der Waals surface area contributed by atoms with Gasteiger partial charge in [-0.2, -0.15) is 0 Å². The average molecular weight is 238 g/mol. The molecule has 0 bridgehead atoms. The lowest BCUT2D eigenvalue weighted by molar-refractivity contribution is 0.473. The van der Waals surface area contributed by atoms with Crippen molar-refractivity contribution in [3.63, 3.8) is 0 Å². The third-order valence-electron chi connectivity index (χ3n) is 2.94. The zero-order valence-electron chi connectivity index (χ0n) is 11.0. The minimum Gasteiger partial charge on any atom is -0.367 e. The van der Waals surface area contributed by atoms with Crippen molar-refractivity contribution >= 4 is 5.69 Å². The predicted molar refractivity (Wildman–Crippen MR) is 71.7 cm³/mol. The maximum absolute atomic E-state index is 13.2. The van der Waals surface area contributed by atoms with Gasteiger partial charge in [0.25, 0.3) is 0 Å². The van der Waals surface area contributed by atoms with Gasteiger partial charge in [0.2, 0.25) is 0 Å². The van der Waals surface area contributed by atoms with Crippen LogP contribution in [0.2, 0.25) is 0 Å². The van der Waals surface area contributed by atoms with Crippen LogP contribution in [0.25, 0.3) is 0 Å². The van der Waals surface area contributed by atoms with Gasteiger partial charge in [-0.1, -0.05) is 19.9 Å². The number of hydrogen-bond donors (Lipinski definition) is 1. The SMILES string of the molecule is CCN(c1cccc(F)c1)C(CN)CC(C)C. The highest BCUT2D eigenvalue weighted by Gasteiger charge is 2.17. The second-order valence-corrected chi connectivity index (χ2v) is 4.78. The molecule has 0 fully saturated rings. The minimum atomic E-state index is -0.193. The van der Waals surface area contributed by atoms with Gasteiger partial charge in [0, 0.05) is 24.8 Å². The van der Waals surface area contributed by atoms with Gasteiger partial charge in [-0.15, -0.1) is 0 Å². The minimum absolute atomic E-state index is 0.193. The van der Waals surface area contributed by atoms with Gasteiger partial charge in [-0.25, -0.2) is 4.39 Å². The molecule has 0 radical (unpaired) electrons. The van der Waals surface area contributed by atoms with Crippen molar-refractivity contribution in [1.29, 1.82) is 0 Å². The summed E-state index contributed by atoms with van der Waals surface area (Å²) in [6.45, 7) is 7.89. The highest BCUT2D eigenvalue weighted by molar-refractivity contribution is 5.47. The van der Waals surface area contributed by atoms with E-state index in [4.69, 9.17) is 5.73 Å². The van der Waals surface area contributed by atoms with E-state index >= 15 is 0 Å². The van der Waals surface area contributed by atoms with Gasteiger partial charge >= 0.3 is 0 Å². The van der Waals surface area contributed by atoms with Gasteiger partial charge < -0.3 is 10.6 Å². The lowest BCUT2D eigenvalue weighted by Gasteiger charge is -2.33. The molecule has 17 heavy (non-hydrogen) atoms. The third kappa shape index (κ3) is 4.00. The van der Waals surface area contributed by atoms with E-state index in [0.717, 1.165) is 18.7 Å². The zero-order valence-corrected chi connectivity index (χ0v) is 11.0. The monoisotopic (exact) mass is 238 g/mol. The van der Waals surface area contributed by atoms with Gasteiger partial charge in [0.15, 0.2) is 0 Å². The molecule has 0 amide bonds. The Morgan fingerprint density at radius 2 is 2.06 bits per heavy atom. The topological polar surface area (TPSA) is 29.3 Å². The molecule has 0 spiro atoms. The van der Waals surface area contributed by atoms with Crippen LogP contribution in [0.15, 0.2) is 24.3 Å². The lowest BCUT2D eigenvalue weighted by atomic mass is 10.0. The summed E-state index contributed by atoms with van der Waals surface area (Å²) in [7, 11) is 0. The summed E-state index contributed by atoms with van der Waals surface area (Å²) < 4.78 is 13.2. The highest BCUT2D eigenvalue weighted by Crippen LogP contribution is 2.21. The molecule has 0 aliphatic carbocycles. The third-order valence-corrected chi connectivity index (χ3v) is 2.94. The largest absolute Gasteiger partial charge is 0.367 e. The number of halogens is 1. The number of hydrogen-bond acceptors (Lipinski definition) is 2. The molecule has 2 nitrogen and oxygen atoms in total. The Kier molecular flexibility index (Phi) is 5.42. The first kappa shape index (κ1) is 14.0. The Labute approximate surface area is 104 Å². The van der Waals surface area contributed by atoms with Crippen LogP contribution in [-0.4, -0.2) is 19.1 Å². The number of likely N-dealkylation sites (N-methyl/N-ethyl adjacent to an activating group) is 1. The molecule has 0 saturated carbocycles. The van der Waals surface area contributed by atoms with Crippen LogP contribution in [0.4, 0.5) is 10.1 Å². The predicted octanol–water partition coefficient (Wildman–Crippen LogP) is 3.03. The average Bonchev–Trinajstić information content (AvgIpc) is 2.28. The van der Waals surface area contributed by atoms with Crippen molar-refractivity contribution in [2.24, 2.45) is 11.7 Å². The van der Waals surface area contributed by atoms with Crippen molar-refractivity contribution in [3.8, 4) is 0 Å². The van der Waals surface area contributed by atoms with E-state index in [0.29, 0.717) is 12.5 Å². The zero-order chi connectivity index (χ0) is 12.8. The highest BCUT2D eigenvalue weighted by atomic mass is 19.1. The number of benzene rings is 1. The second-order valence-electron chi connectivity index (χ2n) is 4.78. The molecule has 0 aliphatic rings. The number of rotatable bonds is 6. The Balaban J connectivity index is 2.88. The summed E-state index contributed by atoms with van der Waals surface area (Å²) in [6.07, 6.45) is 1.03. The first-order valence-electron chi connectivity index (χ1n) is 6.30. The van der Waals surface area contributed by atoms with Crippen molar-refractivity contribution in [2.75, 3.05) is 18.0 Å². The fourth-order valence-electron chi connectivity index (χ4n) is 2.20. The summed E-state index contributed by atoms with van der Waals surface area (Å²) >= 11 is 0. The fourth-order valence-corrected chi connectivity index (χ4v) is 2.20. The number of anilines is 1. The molecular formula is C14H23FN2. The molecule has 96 valence electrons. The first-order valence-corrected chi connectivity index (χ1v) is 6.30. The van der Waals surface area contributed by atoms with Crippen LogP contribution in [0.3, 0.4) is 0 Å². The summed E-state index contributed by atoms with van der Waals surface area (Å²) in [5.74, 6) is 0.396. The summed E-state index contributed by atoms with van der Waals surface area (Å²) in [6, 6.07) is 7.01. The number of nitrogens with two attached hydrogens (primary N) is 1. The maximum atomic E-state index is 13.2. The van der Waals surface area contributed by atoms with Crippen LogP contribution in [0, 0.1) is 11.7 Å². The van der Waals surface area contributed by atoms with Crippen molar-refractivity contribution in [1.82, 2.24) is 0 Å². The Bertz CT molecular complexity index is 339. The van der Waals surface area contributed by atoms with Gasteiger partial charge in [0.05, 0.1) is 0 Å². The van der Waals surface area contributed by atoms with E-state index in [2.05, 4.69) is 25.7 Å². The van der Waals surface area contributed by atoms with Gasteiger partial charge in [-0.05, 0) is 37.5 Å². The van der Waals surface area contributed by atoms with Crippen molar-refractivity contribution in [3.05, 3.63) is 30.1 Å². The maximum Gasteiger partial charge on any atom is 0.125 e. The summed E-state index contributed by atoms with van der Waals surface area (Å²) in [4.78, 5) is 2.18. The van der Waals surface area contributed by atoms with Crippen molar-refractivity contribution in [2.45, 2.75) is 33.2 Å². The Morgan fingerprint density at radius 1 is 1.35 bits per heavy atom. The van der Waals surface area contributed by atoms with E-state index in [1.165, 1.54) is 6.07 Å². The molecule has 1 aromatic rings. The van der Waals surface area contributed by atoms with E-state index in [1.807, 2.05) is 6.07 Å². The quantitative estimate of drug-likeness (QED) is 0.825. The lowest BCUT2D eigenvalue weighted by Crippen LogP contribution is -2.41. The molecule has 1 unspecified atom stereocenters. The van der Waals surface area contributed by atoms with E-state index in [-0.39, 0.29) is 11.9 Å². The summed E-state index contributed by atoms with van der Waals surface area (Å²) in [5.41, 5.74) is 6.76. The molecule has 1 rings (SSSR count). The molecule has 0 heterocycles. The molecule has 0 aromatic heterocycles. The van der Waals surface area contributed by atoms with Gasteiger partial charge in [-0.3, -0.25) is 0 Å². The second kappa shape index (κ2) is 6.60. The first-order chi connectivity index (χ1) is 8.08. The smallest absolute Gasteiger partial charge is 0.125 e. The summed E-state index contributed by atoms with van der Waals surface area (Å²) in [5, 5.41) is 0.